The van der Waals surface area contributed by atoms with Gasteiger partial charge in [-0.25, -0.2) is 8.42 Å². The number of sulfonamides is 1. The maximum Gasteiger partial charge on any atom is 0.265 e. The van der Waals surface area contributed by atoms with Gasteiger partial charge in [0.05, 0.1) is 10.6 Å². The Balaban J connectivity index is 1.25. The number of halogens is 1. The molecule has 0 radical (unpaired) electrons. The molecule has 0 unspecified atom stereocenters. The van der Waals surface area contributed by atoms with Crippen LogP contribution in [0.1, 0.15) is 56.1 Å². The highest BCUT2D eigenvalue weighted by atomic mass is 79.9. The standard InChI is InChI=1S/C36H38BrN3O4S/c37-29-16-7-13-27(23-29)25-39(32(24-26-11-3-1-4-12-26)36(42)38-30-17-5-2-6-18-30)34(41)21-10-22-40-31-19-8-14-28-15-9-20-33(35(28)31)45(40,43)44/h1,3-4,7-9,11-16,19-20,23,30,32H,2,5-6,10,17-18,21-22,24-25H2,(H,38,42)/t32-/m0/s1. The Morgan fingerprint density at radius 3 is 2.36 bits per heavy atom. The van der Waals surface area contributed by atoms with Crippen molar-refractivity contribution < 1.29 is 18.0 Å². The molecule has 1 saturated carbocycles. The fourth-order valence-electron chi connectivity index (χ4n) is 6.65. The lowest BCUT2D eigenvalue weighted by atomic mass is 9.94. The Morgan fingerprint density at radius 2 is 1.60 bits per heavy atom. The van der Waals surface area contributed by atoms with Crippen molar-refractivity contribution in [2.45, 2.75) is 74.9 Å². The minimum Gasteiger partial charge on any atom is -0.352 e. The first-order chi connectivity index (χ1) is 21.8. The van der Waals surface area contributed by atoms with Gasteiger partial charge < -0.3 is 10.2 Å². The first-order valence-corrected chi connectivity index (χ1v) is 18.0. The minimum atomic E-state index is -3.72. The zero-order valence-electron chi connectivity index (χ0n) is 25.2. The number of anilines is 1. The summed E-state index contributed by atoms with van der Waals surface area (Å²) in [6.07, 6.45) is 6.06. The summed E-state index contributed by atoms with van der Waals surface area (Å²) in [7, 11) is -3.72. The Bertz CT molecular complexity index is 1790. The van der Waals surface area contributed by atoms with Crippen molar-refractivity contribution in [2.75, 3.05) is 10.8 Å². The smallest absolute Gasteiger partial charge is 0.265 e. The van der Waals surface area contributed by atoms with Crippen LogP contribution in [0.15, 0.2) is 100 Å². The molecule has 6 rings (SSSR count). The van der Waals surface area contributed by atoms with Gasteiger partial charge in [0.1, 0.15) is 6.04 Å². The van der Waals surface area contributed by atoms with Crippen molar-refractivity contribution in [1.29, 1.82) is 0 Å². The number of hydrogen-bond acceptors (Lipinski definition) is 4. The number of rotatable bonds is 11. The fourth-order valence-corrected chi connectivity index (χ4v) is 8.84. The molecule has 7 nitrogen and oxygen atoms in total. The van der Waals surface area contributed by atoms with E-state index in [1.54, 1.807) is 17.0 Å². The summed E-state index contributed by atoms with van der Waals surface area (Å²) >= 11 is 3.54. The van der Waals surface area contributed by atoms with Gasteiger partial charge in [-0.3, -0.25) is 13.9 Å². The zero-order chi connectivity index (χ0) is 31.4. The summed E-state index contributed by atoms with van der Waals surface area (Å²) < 4.78 is 29.3. The molecule has 4 aromatic rings. The van der Waals surface area contributed by atoms with Crippen molar-refractivity contribution in [3.05, 3.63) is 107 Å². The third kappa shape index (κ3) is 6.94. The summed E-state index contributed by atoms with van der Waals surface area (Å²) in [5, 5.41) is 4.88. The lowest BCUT2D eigenvalue weighted by molar-refractivity contribution is -0.141. The van der Waals surface area contributed by atoms with Gasteiger partial charge in [-0.05, 0) is 60.0 Å². The van der Waals surface area contributed by atoms with E-state index in [1.165, 1.54) is 10.7 Å². The second-order valence-corrected chi connectivity index (χ2v) is 14.8. The fraction of sp³-hybridized carbons (Fsp3) is 0.333. The van der Waals surface area contributed by atoms with Crippen LogP contribution in [0, 0.1) is 0 Å². The number of carbonyl (C=O) groups excluding carboxylic acids is 2. The maximum absolute atomic E-state index is 14.2. The first-order valence-electron chi connectivity index (χ1n) is 15.7. The molecular formula is C36H38BrN3O4S. The second kappa shape index (κ2) is 13.7. The van der Waals surface area contributed by atoms with Crippen LogP contribution in [0.4, 0.5) is 5.69 Å². The van der Waals surface area contributed by atoms with Gasteiger partial charge in [0.15, 0.2) is 0 Å². The number of hydrogen-bond donors (Lipinski definition) is 1. The van der Waals surface area contributed by atoms with E-state index >= 15 is 0 Å². The van der Waals surface area contributed by atoms with Crippen LogP contribution in [-0.2, 0) is 32.6 Å². The van der Waals surface area contributed by atoms with Crippen LogP contribution in [0.5, 0.6) is 0 Å². The maximum atomic E-state index is 14.2. The molecule has 1 fully saturated rings. The Labute approximate surface area is 273 Å². The molecule has 2 aliphatic rings. The van der Waals surface area contributed by atoms with E-state index in [9.17, 15) is 18.0 Å². The molecule has 1 heterocycles. The molecule has 0 bridgehead atoms. The molecule has 234 valence electrons. The molecule has 4 aromatic carbocycles. The third-order valence-electron chi connectivity index (χ3n) is 8.90. The Morgan fingerprint density at radius 1 is 0.889 bits per heavy atom. The quantitative estimate of drug-likeness (QED) is 0.184. The van der Waals surface area contributed by atoms with E-state index in [0.29, 0.717) is 23.4 Å². The first kappa shape index (κ1) is 31.3. The lowest BCUT2D eigenvalue weighted by Gasteiger charge is -2.33. The van der Waals surface area contributed by atoms with Crippen LogP contribution in [0.25, 0.3) is 10.8 Å². The molecular weight excluding hydrogens is 650 g/mol. The normalized spacial score (nSPS) is 16.4. The van der Waals surface area contributed by atoms with Crippen LogP contribution in [-0.4, -0.2) is 43.8 Å². The molecule has 1 aliphatic heterocycles. The Hall–Kier alpha value is -3.69. The molecule has 1 aliphatic carbocycles. The molecule has 0 aromatic heterocycles. The van der Waals surface area contributed by atoms with Crippen molar-refractivity contribution in [3.63, 3.8) is 0 Å². The van der Waals surface area contributed by atoms with Crippen molar-refractivity contribution in [2.24, 2.45) is 0 Å². The van der Waals surface area contributed by atoms with Crippen LogP contribution >= 0.6 is 15.9 Å². The largest absolute Gasteiger partial charge is 0.352 e. The second-order valence-electron chi connectivity index (χ2n) is 12.0. The minimum absolute atomic E-state index is 0.105. The average molecular weight is 689 g/mol. The highest BCUT2D eigenvalue weighted by Crippen LogP contribution is 2.42. The van der Waals surface area contributed by atoms with Gasteiger partial charge in [0.25, 0.3) is 10.0 Å². The summed E-state index contributed by atoms with van der Waals surface area (Å²) in [6, 6.07) is 27.9. The molecule has 1 N–H and O–H groups in total. The summed E-state index contributed by atoms with van der Waals surface area (Å²) in [4.78, 5) is 30.2. The predicted molar refractivity (Wildman–Crippen MR) is 181 cm³/mol. The van der Waals surface area contributed by atoms with Crippen LogP contribution in [0.3, 0.4) is 0 Å². The van der Waals surface area contributed by atoms with Crippen LogP contribution in [0.2, 0.25) is 0 Å². The van der Waals surface area contributed by atoms with E-state index in [-0.39, 0.29) is 37.4 Å². The van der Waals surface area contributed by atoms with Gasteiger partial charge in [-0.2, -0.15) is 0 Å². The molecule has 0 saturated heterocycles. The van der Waals surface area contributed by atoms with Gasteiger partial charge in [-0.1, -0.05) is 102 Å². The number of amides is 2. The van der Waals surface area contributed by atoms with Crippen molar-refractivity contribution in [3.8, 4) is 0 Å². The van der Waals surface area contributed by atoms with E-state index in [4.69, 9.17) is 0 Å². The summed E-state index contributed by atoms with van der Waals surface area (Å²) in [6.45, 7) is 0.435. The highest BCUT2D eigenvalue weighted by molar-refractivity contribution is 9.10. The molecule has 0 spiro atoms. The van der Waals surface area contributed by atoms with E-state index in [2.05, 4.69) is 21.2 Å². The average Bonchev–Trinajstić information content (AvgIpc) is 3.26. The van der Waals surface area contributed by atoms with Crippen molar-refractivity contribution in [1.82, 2.24) is 10.2 Å². The summed E-state index contributed by atoms with van der Waals surface area (Å²) in [5.41, 5.74) is 2.53. The highest BCUT2D eigenvalue weighted by Gasteiger charge is 2.36. The monoisotopic (exact) mass is 687 g/mol. The van der Waals surface area contributed by atoms with Gasteiger partial charge in [-0.15, -0.1) is 0 Å². The van der Waals surface area contributed by atoms with E-state index in [1.807, 2.05) is 78.9 Å². The molecule has 2 amide bonds. The van der Waals surface area contributed by atoms with Gasteiger partial charge in [0.2, 0.25) is 11.8 Å². The van der Waals surface area contributed by atoms with Crippen molar-refractivity contribution >= 4 is 54.2 Å². The predicted octanol–water partition coefficient (Wildman–Crippen LogP) is 6.98. The van der Waals surface area contributed by atoms with E-state index in [0.717, 1.165) is 52.1 Å². The number of nitrogens with zero attached hydrogens (tertiary/aromatic N) is 2. The van der Waals surface area contributed by atoms with E-state index < -0.39 is 16.1 Å². The Kier molecular flexibility index (Phi) is 9.56. The number of carbonyl (C=O) groups is 2. The topological polar surface area (TPSA) is 86.8 Å². The summed E-state index contributed by atoms with van der Waals surface area (Å²) in [5.74, 6) is -0.319. The number of benzene rings is 4. The third-order valence-corrected chi connectivity index (χ3v) is 11.2. The van der Waals surface area contributed by atoms with Gasteiger partial charge in [0, 0.05) is 41.8 Å². The molecule has 45 heavy (non-hydrogen) atoms. The van der Waals surface area contributed by atoms with Crippen LogP contribution < -0.4 is 9.62 Å². The van der Waals surface area contributed by atoms with Gasteiger partial charge >= 0.3 is 0 Å². The number of nitrogens with one attached hydrogen (secondary N) is 1. The SMILES string of the molecule is O=C(NC1CCCCC1)[C@H](Cc1ccccc1)N(Cc1cccc(Br)c1)C(=O)CCCN1c2cccc3cccc(c23)S1(=O)=O. The molecule has 9 heteroatoms. The molecule has 1 atom stereocenters. The zero-order valence-corrected chi connectivity index (χ0v) is 27.6. The lowest BCUT2D eigenvalue weighted by Crippen LogP contribution is -2.52.